The quantitative estimate of drug-likeness (QED) is 0.597. The number of nitrogens with two attached hydrogens (primary N) is 1. The molecule has 4 nitrogen and oxygen atoms in total. The molecule has 0 fully saturated rings. The lowest BCUT2D eigenvalue weighted by Crippen LogP contribution is -2.90. The molecular weight excluding hydrogens is 379 g/mol. The molecule has 1 heterocycles. The minimum absolute atomic E-state index is 0.120. The number of para-hydroxylation sites is 1. The lowest BCUT2D eigenvalue weighted by atomic mass is 9.97. The van der Waals surface area contributed by atoms with Crippen LogP contribution in [0.2, 0.25) is 0 Å². The van der Waals surface area contributed by atoms with Crippen LogP contribution in [0.15, 0.2) is 72.8 Å². The van der Waals surface area contributed by atoms with E-state index in [0.717, 1.165) is 16.8 Å². The molecule has 2 atom stereocenters. The zero-order valence-corrected chi connectivity index (χ0v) is 17.1. The molecule has 1 aliphatic rings. The molecule has 0 saturated heterocycles. The zero-order chi connectivity index (χ0) is 21.1. The zero-order valence-electron chi connectivity index (χ0n) is 17.1. The number of benzene rings is 3. The second-order valence-corrected chi connectivity index (χ2v) is 7.44. The molecule has 0 aromatic heterocycles. The van der Waals surface area contributed by atoms with Crippen molar-refractivity contribution in [2.75, 3.05) is 6.61 Å². The molecule has 4 N–H and O–H groups in total. The number of nitrogens with one attached hydrogen (secondary N) is 1. The van der Waals surface area contributed by atoms with Crippen molar-refractivity contribution in [1.29, 1.82) is 0 Å². The summed E-state index contributed by atoms with van der Waals surface area (Å²) in [5.74, 6) is 0.311. The second kappa shape index (κ2) is 8.59. The number of ether oxygens (including phenoxy) is 1. The predicted octanol–water partition coefficient (Wildman–Crippen LogP) is 4.19. The monoisotopic (exact) mass is 405 g/mol. The lowest BCUT2D eigenvalue weighted by Gasteiger charge is -2.30. The molecule has 2 unspecified atom stereocenters. The lowest BCUT2D eigenvalue weighted by molar-refractivity contribution is -0.731. The Morgan fingerprint density at radius 1 is 1.00 bits per heavy atom. The van der Waals surface area contributed by atoms with Gasteiger partial charge in [0.2, 0.25) is 0 Å². The SMILES string of the molecule is CCOc1cccc(C2C=C(c3ccc(C)cc3)NC(c3ccccc3F)[NH2+]2)c1O. The summed E-state index contributed by atoms with van der Waals surface area (Å²) in [5.41, 5.74) is 4.39. The van der Waals surface area contributed by atoms with Crippen LogP contribution >= 0.6 is 0 Å². The van der Waals surface area contributed by atoms with Gasteiger partial charge >= 0.3 is 0 Å². The van der Waals surface area contributed by atoms with Crippen LogP contribution in [0, 0.1) is 12.7 Å². The van der Waals surface area contributed by atoms with Gasteiger partial charge in [0.05, 0.1) is 17.7 Å². The summed E-state index contributed by atoms with van der Waals surface area (Å²) in [6.45, 7) is 4.39. The predicted molar refractivity (Wildman–Crippen MR) is 115 cm³/mol. The first-order valence-electron chi connectivity index (χ1n) is 10.2. The molecular formula is C25H26FN2O2+. The number of quaternary nitrogens is 1. The first-order valence-corrected chi connectivity index (χ1v) is 10.2. The van der Waals surface area contributed by atoms with Gasteiger partial charge in [0.25, 0.3) is 0 Å². The van der Waals surface area contributed by atoms with Crippen molar-refractivity contribution in [3.8, 4) is 11.5 Å². The van der Waals surface area contributed by atoms with Crippen LogP contribution in [0.3, 0.4) is 0 Å². The van der Waals surface area contributed by atoms with E-state index in [1.807, 2.05) is 49.5 Å². The number of aryl methyl sites for hydroxylation is 1. The van der Waals surface area contributed by atoms with Gasteiger partial charge < -0.3 is 20.5 Å². The summed E-state index contributed by atoms with van der Waals surface area (Å²) in [6, 6.07) is 20.3. The van der Waals surface area contributed by atoms with E-state index in [1.165, 1.54) is 11.6 Å². The molecule has 0 aliphatic carbocycles. The molecule has 30 heavy (non-hydrogen) atoms. The third-order valence-corrected chi connectivity index (χ3v) is 5.35. The number of hydrogen-bond acceptors (Lipinski definition) is 3. The second-order valence-electron chi connectivity index (χ2n) is 7.44. The van der Waals surface area contributed by atoms with Crippen LogP contribution in [-0.2, 0) is 0 Å². The van der Waals surface area contributed by atoms with Gasteiger partial charge in [-0.05, 0) is 43.7 Å². The minimum atomic E-state index is -0.340. The standard InChI is InChI=1S/C25H25FN2O2/c1-3-30-23-10-6-8-19(24(23)29)22-15-21(17-13-11-16(2)12-14-17)27-25(28-22)18-7-4-5-9-20(18)26/h4-15,22,25,27-29H,3H2,1-2H3/p+1. The van der Waals surface area contributed by atoms with E-state index in [0.29, 0.717) is 17.9 Å². The average Bonchev–Trinajstić information content (AvgIpc) is 2.76. The maximum atomic E-state index is 14.6. The summed E-state index contributed by atoms with van der Waals surface area (Å²) in [7, 11) is 0. The molecule has 0 saturated carbocycles. The highest BCUT2D eigenvalue weighted by molar-refractivity contribution is 5.66. The molecule has 1 aliphatic heterocycles. The molecule has 0 bridgehead atoms. The summed E-state index contributed by atoms with van der Waals surface area (Å²) in [4.78, 5) is 0. The topological polar surface area (TPSA) is 58.1 Å². The average molecular weight is 405 g/mol. The third kappa shape index (κ3) is 4.02. The van der Waals surface area contributed by atoms with Crippen LogP contribution in [0.4, 0.5) is 4.39 Å². The molecule has 0 radical (unpaired) electrons. The Kier molecular flexibility index (Phi) is 5.72. The Bertz CT molecular complexity index is 1060. The van der Waals surface area contributed by atoms with Crippen LogP contribution in [0.1, 0.15) is 41.4 Å². The van der Waals surface area contributed by atoms with Crippen molar-refractivity contribution < 1.29 is 19.6 Å². The van der Waals surface area contributed by atoms with Crippen LogP contribution in [0.5, 0.6) is 11.5 Å². The molecule has 3 aromatic carbocycles. The van der Waals surface area contributed by atoms with Gasteiger partial charge in [-0.25, -0.2) is 4.39 Å². The molecule has 5 heteroatoms. The molecule has 3 aromatic rings. The van der Waals surface area contributed by atoms with Gasteiger partial charge in [0.15, 0.2) is 17.7 Å². The number of halogens is 1. The fourth-order valence-electron chi connectivity index (χ4n) is 3.80. The van der Waals surface area contributed by atoms with E-state index in [9.17, 15) is 9.50 Å². The first-order chi connectivity index (χ1) is 14.6. The van der Waals surface area contributed by atoms with Gasteiger partial charge in [-0.3, -0.25) is 0 Å². The van der Waals surface area contributed by atoms with Gasteiger partial charge in [0, 0.05) is 11.8 Å². The van der Waals surface area contributed by atoms with Crippen LogP contribution < -0.4 is 15.4 Å². The van der Waals surface area contributed by atoms with Gasteiger partial charge in [-0.2, -0.15) is 0 Å². The highest BCUT2D eigenvalue weighted by Crippen LogP contribution is 2.35. The van der Waals surface area contributed by atoms with Crippen LogP contribution in [-0.4, -0.2) is 11.7 Å². The smallest absolute Gasteiger partial charge is 0.189 e. The summed E-state index contributed by atoms with van der Waals surface area (Å²) in [6.07, 6.45) is 1.72. The minimum Gasteiger partial charge on any atom is -0.504 e. The van der Waals surface area contributed by atoms with Gasteiger partial charge in [-0.15, -0.1) is 0 Å². The van der Waals surface area contributed by atoms with Crippen molar-refractivity contribution in [3.63, 3.8) is 0 Å². The van der Waals surface area contributed by atoms with E-state index >= 15 is 0 Å². The maximum Gasteiger partial charge on any atom is 0.189 e. The van der Waals surface area contributed by atoms with Gasteiger partial charge in [-0.1, -0.05) is 48.0 Å². The molecule has 0 amide bonds. The highest BCUT2D eigenvalue weighted by atomic mass is 19.1. The Labute approximate surface area is 176 Å². The van der Waals surface area contributed by atoms with E-state index in [4.69, 9.17) is 4.74 Å². The Morgan fingerprint density at radius 3 is 2.47 bits per heavy atom. The third-order valence-electron chi connectivity index (χ3n) is 5.35. The summed E-state index contributed by atoms with van der Waals surface area (Å²) < 4.78 is 20.1. The van der Waals surface area contributed by atoms with E-state index in [1.54, 1.807) is 18.2 Å². The number of phenols is 1. The van der Waals surface area contributed by atoms with Crippen molar-refractivity contribution >= 4 is 5.70 Å². The molecule has 4 rings (SSSR count). The number of rotatable bonds is 5. The van der Waals surface area contributed by atoms with E-state index in [2.05, 4.69) is 23.5 Å². The summed E-state index contributed by atoms with van der Waals surface area (Å²) >= 11 is 0. The first kappa shape index (κ1) is 20.0. The fourth-order valence-corrected chi connectivity index (χ4v) is 3.80. The van der Waals surface area contributed by atoms with Crippen molar-refractivity contribution in [3.05, 3.63) is 101 Å². The highest BCUT2D eigenvalue weighted by Gasteiger charge is 2.31. The fraction of sp³-hybridized carbons (Fsp3) is 0.200. The van der Waals surface area contributed by atoms with Crippen molar-refractivity contribution in [1.82, 2.24) is 5.32 Å². The Morgan fingerprint density at radius 2 is 1.73 bits per heavy atom. The Hall–Kier alpha value is -3.31. The van der Waals surface area contributed by atoms with E-state index in [-0.39, 0.29) is 23.8 Å². The normalized spacial score (nSPS) is 18.4. The van der Waals surface area contributed by atoms with Crippen LogP contribution in [0.25, 0.3) is 5.70 Å². The maximum absolute atomic E-state index is 14.6. The largest absolute Gasteiger partial charge is 0.504 e. The number of hydrogen-bond donors (Lipinski definition) is 3. The molecule has 0 spiro atoms. The van der Waals surface area contributed by atoms with Crippen molar-refractivity contribution in [2.24, 2.45) is 0 Å². The molecule has 154 valence electrons. The Balaban J connectivity index is 1.78. The van der Waals surface area contributed by atoms with E-state index < -0.39 is 0 Å². The number of phenolic OH excluding ortho intramolecular Hbond substituents is 1. The summed E-state index contributed by atoms with van der Waals surface area (Å²) in [5, 5.41) is 16.3. The van der Waals surface area contributed by atoms with Gasteiger partial charge in [0.1, 0.15) is 11.9 Å². The number of aromatic hydroxyl groups is 1. The van der Waals surface area contributed by atoms with Crippen molar-refractivity contribution in [2.45, 2.75) is 26.1 Å².